The van der Waals surface area contributed by atoms with Gasteiger partial charge in [-0.1, -0.05) is 20.8 Å². The second-order valence-corrected chi connectivity index (χ2v) is 9.26. The predicted octanol–water partition coefficient (Wildman–Crippen LogP) is 5.27. The molecule has 3 heterocycles. The maximum absolute atomic E-state index is 5.41. The molecule has 0 amide bonds. The Morgan fingerprint density at radius 1 is 1.16 bits per heavy atom. The molecule has 6 nitrogen and oxygen atoms in total. The fourth-order valence-electron chi connectivity index (χ4n) is 4.08. The van der Waals surface area contributed by atoms with Gasteiger partial charge in [0.25, 0.3) is 0 Å². The zero-order valence-electron chi connectivity index (χ0n) is 21.0. The van der Waals surface area contributed by atoms with Crippen molar-refractivity contribution in [2.24, 2.45) is 0 Å². The number of fused-ring (bicyclic) bond motifs is 1. The minimum Gasteiger partial charge on any atom is -0.383 e. The first-order chi connectivity index (χ1) is 15.3. The Morgan fingerprint density at radius 2 is 1.91 bits per heavy atom. The van der Waals surface area contributed by atoms with Crippen molar-refractivity contribution in [3.63, 3.8) is 0 Å². The van der Waals surface area contributed by atoms with Crippen LogP contribution in [0.3, 0.4) is 0 Å². The summed E-state index contributed by atoms with van der Waals surface area (Å²) >= 11 is 0. The van der Waals surface area contributed by atoms with E-state index in [0.29, 0.717) is 12.5 Å². The SMILES string of the molecule is CCc1cc2c(nc1-c1ccc(C(C)C)nc1NCCN(C)C)c(C)cn2[C@@H](C)COC. The number of methoxy groups -OCH3 is 1. The Kier molecular flexibility index (Phi) is 7.91. The normalized spacial score (nSPS) is 12.8. The number of likely N-dealkylation sites (N-methyl/N-ethyl adjacent to an activating group) is 1. The van der Waals surface area contributed by atoms with Crippen molar-refractivity contribution < 1.29 is 4.74 Å². The van der Waals surface area contributed by atoms with Gasteiger partial charge in [0.2, 0.25) is 0 Å². The molecule has 0 radical (unpaired) electrons. The molecule has 0 bridgehead atoms. The third kappa shape index (κ3) is 5.13. The van der Waals surface area contributed by atoms with Gasteiger partial charge in [-0.25, -0.2) is 9.97 Å². The number of nitrogens with one attached hydrogen (secondary N) is 1. The molecule has 32 heavy (non-hydrogen) atoms. The molecule has 1 N–H and O–H groups in total. The van der Waals surface area contributed by atoms with Crippen molar-refractivity contribution >= 4 is 16.9 Å². The lowest BCUT2D eigenvalue weighted by molar-refractivity contribution is 0.164. The third-order valence-electron chi connectivity index (χ3n) is 5.94. The van der Waals surface area contributed by atoms with E-state index in [4.69, 9.17) is 14.7 Å². The molecule has 3 aromatic rings. The molecule has 174 valence electrons. The lowest BCUT2D eigenvalue weighted by Crippen LogP contribution is -2.21. The Bertz CT molecular complexity index is 1050. The van der Waals surface area contributed by atoms with E-state index < -0.39 is 0 Å². The molecule has 3 aromatic heterocycles. The maximum atomic E-state index is 5.41. The summed E-state index contributed by atoms with van der Waals surface area (Å²) in [6, 6.07) is 6.88. The molecule has 3 rings (SSSR count). The smallest absolute Gasteiger partial charge is 0.135 e. The molecule has 0 saturated heterocycles. The maximum Gasteiger partial charge on any atom is 0.135 e. The van der Waals surface area contributed by atoms with Gasteiger partial charge in [0.05, 0.1) is 29.4 Å². The van der Waals surface area contributed by atoms with Crippen LogP contribution in [-0.4, -0.2) is 60.3 Å². The summed E-state index contributed by atoms with van der Waals surface area (Å²) in [7, 11) is 5.92. The van der Waals surface area contributed by atoms with Crippen molar-refractivity contribution in [3.8, 4) is 11.3 Å². The fourth-order valence-corrected chi connectivity index (χ4v) is 4.08. The van der Waals surface area contributed by atoms with Crippen molar-refractivity contribution in [1.29, 1.82) is 0 Å². The lowest BCUT2D eigenvalue weighted by atomic mass is 10.0. The average molecular weight is 438 g/mol. The molecular formula is C26H39N5O. The molecule has 0 aliphatic rings. The van der Waals surface area contributed by atoms with Crippen LogP contribution in [-0.2, 0) is 11.2 Å². The van der Waals surface area contributed by atoms with E-state index in [2.05, 4.69) is 87.9 Å². The molecular weight excluding hydrogens is 398 g/mol. The third-order valence-corrected chi connectivity index (χ3v) is 5.94. The van der Waals surface area contributed by atoms with Crippen LogP contribution in [0.5, 0.6) is 0 Å². The Hall–Kier alpha value is -2.44. The van der Waals surface area contributed by atoms with Crippen molar-refractivity contribution in [3.05, 3.63) is 41.2 Å². The number of aryl methyl sites for hydroxylation is 2. The zero-order valence-corrected chi connectivity index (χ0v) is 21.0. The summed E-state index contributed by atoms with van der Waals surface area (Å²) in [5.41, 5.74) is 7.82. The average Bonchev–Trinajstić information content (AvgIpc) is 3.08. The molecule has 0 fully saturated rings. The number of hydrogen-bond donors (Lipinski definition) is 1. The van der Waals surface area contributed by atoms with Crippen molar-refractivity contribution in [2.45, 2.75) is 53.0 Å². The number of ether oxygens (including phenoxy) is 1. The van der Waals surface area contributed by atoms with Gasteiger partial charge >= 0.3 is 0 Å². The van der Waals surface area contributed by atoms with E-state index in [0.717, 1.165) is 47.8 Å². The first-order valence-corrected chi connectivity index (χ1v) is 11.7. The van der Waals surface area contributed by atoms with E-state index in [9.17, 15) is 0 Å². The minimum atomic E-state index is 0.254. The largest absolute Gasteiger partial charge is 0.383 e. The number of aromatic nitrogens is 3. The van der Waals surface area contributed by atoms with Crippen LogP contribution >= 0.6 is 0 Å². The highest BCUT2D eigenvalue weighted by molar-refractivity contribution is 5.86. The van der Waals surface area contributed by atoms with E-state index in [1.54, 1.807) is 7.11 Å². The second-order valence-electron chi connectivity index (χ2n) is 9.26. The molecule has 0 spiro atoms. The Labute approximate surface area is 193 Å². The highest BCUT2D eigenvalue weighted by atomic mass is 16.5. The van der Waals surface area contributed by atoms with Crippen LogP contribution in [0.1, 0.15) is 56.5 Å². The highest BCUT2D eigenvalue weighted by Gasteiger charge is 2.19. The first kappa shape index (κ1) is 24.2. The summed E-state index contributed by atoms with van der Waals surface area (Å²) in [6.07, 6.45) is 3.10. The number of rotatable bonds is 10. The molecule has 0 aliphatic heterocycles. The summed E-state index contributed by atoms with van der Waals surface area (Å²) in [5, 5.41) is 3.58. The van der Waals surface area contributed by atoms with Crippen LogP contribution < -0.4 is 5.32 Å². The van der Waals surface area contributed by atoms with Gasteiger partial charge in [0.15, 0.2) is 0 Å². The highest BCUT2D eigenvalue weighted by Crippen LogP contribution is 2.34. The first-order valence-electron chi connectivity index (χ1n) is 11.7. The van der Waals surface area contributed by atoms with Crippen molar-refractivity contribution in [2.75, 3.05) is 46.2 Å². The quantitative estimate of drug-likeness (QED) is 0.468. The summed E-state index contributed by atoms with van der Waals surface area (Å²) in [6.45, 7) is 13.3. The zero-order chi connectivity index (χ0) is 23.4. The van der Waals surface area contributed by atoms with E-state index in [1.165, 1.54) is 16.6 Å². The Balaban J connectivity index is 2.14. The van der Waals surface area contributed by atoms with E-state index in [1.807, 2.05) is 0 Å². The monoisotopic (exact) mass is 437 g/mol. The minimum absolute atomic E-state index is 0.254. The van der Waals surface area contributed by atoms with Gasteiger partial charge < -0.3 is 19.5 Å². The van der Waals surface area contributed by atoms with Crippen LogP contribution in [0.4, 0.5) is 5.82 Å². The summed E-state index contributed by atoms with van der Waals surface area (Å²) in [4.78, 5) is 12.4. The van der Waals surface area contributed by atoms with Gasteiger partial charge in [-0.2, -0.15) is 0 Å². The van der Waals surface area contributed by atoms with Crippen LogP contribution in [0.2, 0.25) is 0 Å². The molecule has 6 heteroatoms. The molecule has 0 saturated carbocycles. The van der Waals surface area contributed by atoms with Crippen LogP contribution in [0.25, 0.3) is 22.3 Å². The van der Waals surface area contributed by atoms with Gasteiger partial charge in [-0.15, -0.1) is 0 Å². The number of anilines is 1. The molecule has 0 aliphatic carbocycles. The molecule has 1 atom stereocenters. The van der Waals surface area contributed by atoms with Crippen LogP contribution in [0.15, 0.2) is 24.4 Å². The standard InChI is InChI=1S/C26H39N5O/c1-9-20-14-23-24(18(4)15-31(23)19(5)16-32-8)29-25(20)21-10-11-22(17(2)3)28-26(21)27-12-13-30(6)7/h10-11,14-15,17,19H,9,12-13,16H2,1-8H3,(H,27,28)/t19-/m0/s1. The van der Waals surface area contributed by atoms with Gasteiger partial charge in [-0.3, -0.25) is 0 Å². The summed E-state index contributed by atoms with van der Waals surface area (Å²) < 4.78 is 7.70. The lowest BCUT2D eigenvalue weighted by Gasteiger charge is -2.18. The van der Waals surface area contributed by atoms with Crippen molar-refractivity contribution in [1.82, 2.24) is 19.4 Å². The Morgan fingerprint density at radius 3 is 2.53 bits per heavy atom. The number of hydrogen-bond acceptors (Lipinski definition) is 5. The second kappa shape index (κ2) is 10.5. The molecule has 0 aromatic carbocycles. The predicted molar refractivity (Wildman–Crippen MR) is 135 cm³/mol. The fraction of sp³-hybridized carbons (Fsp3) is 0.538. The van der Waals surface area contributed by atoms with Gasteiger partial charge in [0.1, 0.15) is 5.82 Å². The van der Waals surface area contributed by atoms with E-state index in [-0.39, 0.29) is 6.04 Å². The van der Waals surface area contributed by atoms with Gasteiger partial charge in [0, 0.05) is 37.7 Å². The van der Waals surface area contributed by atoms with E-state index >= 15 is 0 Å². The number of pyridine rings is 2. The molecule has 0 unspecified atom stereocenters. The van der Waals surface area contributed by atoms with Crippen LogP contribution in [0, 0.1) is 6.92 Å². The number of nitrogens with zero attached hydrogens (tertiary/aromatic N) is 4. The van der Waals surface area contributed by atoms with Gasteiger partial charge in [-0.05, 0) is 69.6 Å². The summed E-state index contributed by atoms with van der Waals surface area (Å²) in [5.74, 6) is 1.29. The topological polar surface area (TPSA) is 55.2 Å².